The van der Waals surface area contributed by atoms with Gasteiger partial charge in [0.2, 0.25) is 0 Å². The highest BCUT2D eigenvalue weighted by atomic mass is 16.7. The van der Waals surface area contributed by atoms with Crippen molar-refractivity contribution in [2.24, 2.45) is 0 Å². The van der Waals surface area contributed by atoms with Crippen molar-refractivity contribution in [3.8, 4) is 11.5 Å². The molecule has 2 atom stereocenters. The van der Waals surface area contributed by atoms with Crippen molar-refractivity contribution in [2.45, 2.75) is 12.6 Å². The lowest BCUT2D eigenvalue weighted by molar-refractivity contribution is -0.198. The highest BCUT2D eigenvalue weighted by Crippen LogP contribution is 2.31. The van der Waals surface area contributed by atoms with Crippen molar-refractivity contribution < 1.29 is 19.7 Å². The van der Waals surface area contributed by atoms with Gasteiger partial charge in [0.05, 0.1) is 0 Å². The van der Waals surface area contributed by atoms with Crippen LogP contribution >= 0.6 is 0 Å². The molecule has 2 rings (SSSR count). The Morgan fingerprint density at radius 1 is 0.917 bits per heavy atom. The van der Waals surface area contributed by atoms with Crippen LogP contribution in [0.1, 0.15) is 0 Å². The average Bonchev–Trinajstić information content (AvgIpc) is 2.07. The fourth-order valence-electron chi connectivity index (χ4n) is 1.02. The van der Waals surface area contributed by atoms with Crippen LogP contribution in [0.25, 0.3) is 0 Å². The first kappa shape index (κ1) is 7.39. The second kappa shape index (κ2) is 2.66. The fourth-order valence-corrected chi connectivity index (χ4v) is 1.02. The predicted octanol–water partition coefficient (Wildman–Crippen LogP) is 0.0946. The van der Waals surface area contributed by atoms with E-state index in [1.807, 2.05) is 0 Å². The van der Waals surface area contributed by atoms with E-state index in [9.17, 15) is 0 Å². The zero-order chi connectivity index (χ0) is 8.55. The van der Waals surface area contributed by atoms with Crippen molar-refractivity contribution in [3.63, 3.8) is 0 Å². The molecule has 0 radical (unpaired) electrons. The van der Waals surface area contributed by atoms with Gasteiger partial charge in [-0.3, -0.25) is 0 Å². The minimum absolute atomic E-state index is 0.440. The Bertz CT molecular complexity index is 257. The van der Waals surface area contributed by atoms with E-state index in [0.717, 1.165) is 0 Å². The van der Waals surface area contributed by atoms with Crippen LogP contribution in [0.4, 0.5) is 0 Å². The Morgan fingerprint density at radius 2 is 1.33 bits per heavy atom. The molecule has 2 unspecified atom stereocenters. The van der Waals surface area contributed by atoms with Crippen LogP contribution < -0.4 is 9.47 Å². The van der Waals surface area contributed by atoms with Crippen LogP contribution in [-0.4, -0.2) is 22.8 Å². The van der Waals surface area contributed by atoms with Crippen LogP contribution in [0.5, 0.6) is 11.5 Å². The van der Waals surface area contributed by atoms with E-state index in [1.54, 1.807) is 24.3 Å². The van der Waals surface area contributed by atoms with E-state index in [-0.39, 0.29) is 0 Å². The molecule has 0 spiro atoms. The van der Waals surface area contributed by atoms with Crippen molar-refractivity contribution in [3.05, 3.63) is 24.3 Å². The number of hydrogen-bond acceptors (Lipinski definition) is 4. The lowest BCUT2D eigenvalue weighted by Gasteiger charge is -2.26. The number of rotatable bonds is 0. The SMILES string of the molecule is OC1Oc2ccccc2OC1O. The molecule has 1 aromatic rings. The largest absolute Gasteiger partial charge is 0.454 e. The van der Waals surface area contributed by atoms with E-state index >= 15 is 0 Å². The van der Waals surface area contributed by atoms with Crippen LogP contribution in [-0.2, 0) is 0 Å². The van der Waals surface area contributed by atoms with Crippen LogP contribution in [0, 0.1) is 0 Å². The molecule has 0 amide bonds. The molecule has 1 heterocycles. The number of benzene rings is 1. The summed E-state index contributed by atoms with van der Waals surface area (Å²) < 4.78 is 9.85. The van der Waals surface area contributed by atoms with Crippen molar-refractivity contribution in [2.75, 3.05) is 0 Å². The molecular weight excluding hydrogens is 160 g/mol. The van der Waals surface area contributed by atoms with Crippen molar-refractivity contribution in [1.29, 1.82) is 0 Å². The first-order valence-corrected chi connectivity index (χ1v) is 3.56. The first-order chi connectivity index (χ1) is 5.77. The van der Waals surface area contributed by atoms with E-state index in [4.69, 9.17) is 19.7 Å². The first-order valence-electron chi connectivity index (χ1n) is 3.56. The highest BCUT2D eigenvalue weighted by Gasteiger charge is 2.27. The summed E-state index contributed by atoms with van der Waals surface area (Å²) in [5, 5.41) is 18.1. The second-order valence-electron chi connectivity index (χ2n) is 2.46. The molecule has 1 aromatic carbocycles. The summed E-state index contributed by atoms with van der Waals surface area (Å²) in [6.45, 7) is 0. The van der Waals surface area contributed by atoms with Gasteiger partial charge in [0.15, 0.2) is 11.5 Å². The number of ether oxygens (including phenoxy) is 2. The summed E-state index contributed by atoms with van der Waals surface area (Å²) in [7, 11) is 0. The van der Waals surface area contributed by atoms with Gasteiger partial charge in [0.25, 0.3) is 12.6 Å². The molecule has 0 bridgehead atoms. The minimum atomic E-state index is -1.31. The summed E-state index contributed by atoms with van der Waals surface area (Å²) in [6.07, 6.45) is -2.61. The monoisotopic (exact) mass is 168 g/mol. The maximum absolute atomic E-state index is 9.03. The topological polar surface area (TPSA) is 58.9 Å². The third kappa shape index (κ3) is 1.11. The van der Waals surface area contributed by atoms with E-state index < -0.39 is 12.6 Å². The van der Waals surface area contributed by atoms with Gasteiger partial charge < -0.3 is 19.7 Å². The van der Waals surface area contributed by atoms with E-state index in [1.165, 1.54) is 0 Å². The Hall–Kier alpha value is -1.26. The molecule has 0 aromatic heterocycles. The molecule has 4 heteroatoms. The molecular formula is C8H8O4. The van der Waals surface area contributed by atoms with Gasteiger partial charge in [0.1, 0.15) is 0 Å². The average molecular weight is 168 g/mol. The zero-order valence-corrected chi connectivity index (χ0v) is 6.18. The Balaban J connectivity index is 2.34. The molecule has 0 saturated heterocycles. The smallest absolute Gasteiger partial charge is 0.260 e. The van der Waals surface area contributed by atoms with Crippen LogP contribution in [0.15, 0.2) is 24.3 Å². The Labute approximate surface area is 69.0 Å². The van der Waals surface area contributed by atoms with Gasteiger partial charge in [-0.2, -0.15) is 0 Å². The number of aliphatic hydroxyl groups is 2. The molecule has 1 aliphatic rings. The van der Waals surface area contributed by atoms with Gasteiger partial charge in [-0.25, -0.2) is 0 Å². The zero-order valence-electron chi connectivity index (χ0n) is 6.18. The third-order valence-corrected chi connectivity index (χ3v) is 1.59. The lowest BCUT2D eigenvalue weighted by atomic mass is 10.3. The quantitative estimate of drug-likeness (QED) is 0.576. The molecule has 12 heavy (non-hydrogen) atoms. The maximum Gasteiger partial charge on any atom is 0.260 e. The van der Waals surface area contributed by atoms with Gasteiger partial charge in [0, 0.05) is 0 Å². The molecule has 1 aliphatic heterocycles. The van der Waals surface area contributed by atoms with E-state index in [2.05, 4.69) is 0 Å². The standard InChI is InChI=1S/C8H8O4/c9-7-8(10)12-6-4-2-1-3-5(6)11-7/h1-4,7-10H. The van der Waals surface area contributed by atoms with Gasteiger partial charge in [-0.15, -0.1) is 0 Å². The molecule has 64 valence electrons. The van der Waals surface area contributed by atoms with Crippen molar-refractivity contribution >= 4 is 0 Å². The number of fused-ring (bicyclic) bond motifs is 1. The fraction of sp³-hybridized carbons (Fsp3) is 0.250. The van der Waals surface area contributed by atoms with Crippen LogP contribution in [0.3, 0.4) is 0 Å². The minimum Gasteiger partial charge on any atom is -0.454 e. The van der Waals surface area contributed by atoms with Gasteiger partial charge in [-0.1, -0.05) is 12.1 Å². The Morgan fingerprint density at radius 3 is 1.75 bits per heavy atom. The molecule has 0 saturated carbocycles. The lowest BCUT2D eigenvalue weighted by Crippen LogP contribution is -2.39. The third-order valence-electron chi connectivity index (χ3n) is 1.59. The summed E-state index contributed by atoms with van der Waals surface area (Å²) in [5.41, 5.74) is 0. The van der Waals surface area contributed by atoms with Gasteiger partial charge >= 0.3 is 0 Å². The summed E-state index contributed by atoms with van der Waals surface area (Å²) in [5.74, 6) is 0.880. The molecule has 0 fully saturated rings. The second-order valence-corrected chi connectivity index (χ2v) is 2.46. The number of para-hydroxylation sites is 2. The van der Waals surface area contributed by atoms with Crippen LogP contribution in [0.2, 0.25) is 0 Å². The van der Waals surface area contributed by atoms with E-state index in [0.29, 0.717) is 11.5 Å². The molecule has 0 aliphatic carbocycles. The van der Waals surface area contributed by atoms with Gasteiger partial charge in [-0.05, 0) is 12.1 Å². The predicted molar refractivity (Wildman–Crippen MR) is 39.7 cm³/mol. The normalized spacial score (nSPS) is 26.8. The van der Waals surface area contributed by atoms with Crippen molar-refractivity contribution in [1.82, 2.24) is 0 Å². The molecule has 4 nitrogen and oxygen atoms in total. The Kier molecular flexibility index (Phi) is 1.64. The summed E-state index contributed by atoms with van der Waals surface area (Å²) >= 11 is 0. The summed E-state index contributed by atoms with van der Waals surface area (Å²) in [4.78, 5) is 0. The number of aliphatic hydroxyl groups excluding tert-OH is 2. The molecule has 2 N–H and O–H groups in total. The highest BCUT2D eigenvalue weighted by molar-refractivity contribution is 5.40. The summed E-state index contributed by atoms with van der Waals surface area (Å²) in [6, 6.07) is 6.83. The number of hydrogen-bond donors (Lipinski definition) is 2. The maximum atomic E-state index is 9.03.